The average Bonchev–Trinajstić information content (AvgIpc) is 2.92. The molecular weight excluding hydrogens is 544 g/mol. The fourth-order valence-electron chi connectivity index (χ4n) is 4.41. The van der Waals surface area contributed by atoms with Crippen molar-refractivity contribution in [2.75, 3.05) is 56.6 Å². The van der Waals surface area contributed by atoms with Crippen molar-refractivity contribution >= 4 is 39.7 Å². The smallest absolute Gasteiger partial charge is 0.228 e. The first-order valence-corrected chi connectivity index (χ1v) is 13.9. The zero-order chi connectivity index (χ0) is 26.9. The van der Waals surface area contributed by atoms with E-state index in [-0.39, 0.29) is 0 Å². The molecule has 1 N–H and O–H groups in total. The SMILES string of the molecule is CN(C)c1cc(N/N=C/c2cc(Br)ccc2OCCOc2ccc(C3CCCCC3)cc2)nc(N(C)C)n1. The van der Waals surface area contributed by atoms with E-state index < -0.39 is 0 Å². The lowest BCUT2D eigenvalue weighted by Crippen LogP contribution is -2.17. The summed E-state index contributed by atoms with van der Waals surface area (Å²) in [4.78, 5) is 12.8. The molecule has 0 aliphatic heterocycles. The molecule has 0 spiro atoms. The Bertz CT molecular complexity index is 1180. The Morgan fingerprint density at radius 3 is 2.37 bits per heavy atom. The molecule has 3 aromatic rings. The molecule has 202 valence electrons. The van der Waals surface area contributed by atoms with Gasteiger partial charge in [0.2, 0.25) is 5.95 Å². The highest BCUT2D eigenvalue weighted by molar-refractivity contribution is 9.10. The summed E-state index contributed by atoms with van der Waals surface area (Å²) in [6.45, 7) is 0.875. The molecular formula is C29H37BrN6O2. The lowest BCUT2D eigenvalue weighted by Gasteiger charge is -2.22. The highest BCUT2D eigenvalue weighted by Crippen LogP contribution is 2.33. The molecule has 1 aliphatic carbocycles. The van der Waals surface area contributed by atoms with Crippen molar-refractivity contribution in [1.29, 1.82) is 0 Å². The summed E-state index contributed by atoms with van der Waals surface area (Å²) >= 11 is 3.54. The number of hydrogen-bond acceptors (Lipinski definition) is 8. The van der Waals surface area contributed by atoms with Gasteiger partial charge in [0.15, 0.2) is 5.82 Å². The summed E-state index contributed by atoms with van der Waals surface area (Å²) in [6.07, 6.45) is 8.38. The Kier molecular flexibility index (Phi) is 9.81. The van der Waals surface area contributed by atoms with Crippen molar-refractivity contribution in [2.45, 2.75) is 38.0 Å². The van der Waals surface area contributed by atoms with Gasteiger partial charge < -0.3 is 19.3 Å². The number of aromatic nitrogens is 2. The molecule has 0 atom stereocenters. The van der Waals surface area contributed by atoms with Crippen LogP contribution in [0.15, 0.2) is 58.1 Å². The molecule has 1 aromatic heterocycles. The van der Waals surface area contributed by atoms with Crippen LogP contribution in [0.3, 0.4) is 0 Å². The molecule has 2 aromatic carbocycles. The predicted molar refractivity (Wildman–Crippen MR) is 159 cm³/mol. The van der Waals surface area contributed by atoms with Gasteiger partial charge in [-0.2, -0.15) is 15.1 Å². The quantitative estimate of drug-likeness (QED) is 0.161. The van der Waals surface area contributed by atoms with Gasteiger partial charge in [0.1, 0.15) is 30.5 Å². The van der Waals surface area contributed by atoms with Crippen LogP contribution in [-0.2, 0) is 0 Å². The van der Waals surface area contributed by atoms with Crippen LogP contribution in [0.2, 0.25) is 0 Å². The summed E-state index contributed by atoms with van der Waals surface area (Å²) < 4.78 is 12.9. The second kappa shape index (κ2) is 13.5. The van der Waals surface area contributed by atoms with Crippen molar-refractivity contribution in [1.82, 2.24) is 9.97 Å². The molecule has 9 heteroatoms. The number of anilines is 3. The second-order valence-corrected chi connectivity index (χ2v) is 10.8. The van der Waals surface area contributed by atoms with Crippen molar-refractivity contribution < 1.29 is 9.47 Å². The number of ether oxygens (including phenoxy) is 2. The molecule has 38 heavy (non-hydrogen) atoms. The monoisotopic (exact) mass is 580 g/mol. The number of nitrogens with zero attached hydrogens (tertiary/aromatic N) is 5. The lowest BCUT2D eigenvalue weighted by atomic mass is 9.84. The van der Waals surface area contributed by atoms with E-state index >= 15 is 0 Å². The minimum absolute atomic E-state index is 0.421. The van der Waals surface area contributed by atoms with Crippen LogP contribution in [0, 0.1) is 0 Å². The molecule has 0 radical (unpaired) electrons. The van der Waals surface area contributed by atoms with Crippen LogP contribution in [0.5, 0.6) is 11.5 Å². The fraction of sp³-hybridized carbons (Fsp3) is 0.414. The molecule has 1 heterocycles. The van der Waals surface area contributed by atoms with E-state index in [0.29, 0.717) is 30.9 Å². The van der Waals surface area contributed by atoms with Crippen LogP contribution in [0.4, 0.5) is 17.6 Å². The number of benzene rings is 2. The predicted octanol–water partition coefficient (Wildman–Crippen LogP) is 6.32. The molecule has 1 aliphatic rings. The van der Waals surface area contributed by atoms with E-state index in [9.17, 15) is 0 Å². The van der Waals surface area contributed by atoms with Gasteiger partial charge >= 0.3 is 0 Å². The van der Waals surface area contributed by atoms with E-state index in [1.807, 2.05) is 62.3 Å². The Morgan fingerprint density at radius 1 is 0.921 bits per heavy atom. The summed E-state index contributed by atoms with van der Waals surface area (Å²) in [7, 11) is 7.69. The van der Waals surface area contributed by atoms with Crippen LogP contribution in [0.25, 0.3) is 0 Å². The number of hydrazone groups is 1. The highest BCUT2D eigenvalue weighted by Gasteiger charge is 2.15. The Balaban J connectivity index is 1.33. The van der Waals surface area contributed by atoms with Crippen LogP contribution >= 0.6 is 15.9 Å². The zero-order valence-electron chi connectivity index (χ0n) is 22.7. The van der Waals surface area contributed by atoms with Crippen LogP contribution in [0.1, 0.15) is 49.1 Å². The maximum absolute atomic E-state index is 6.03. The standard InChI is InChI=1S/C29H37BrN6O2/c1-35(2)28-19-27(32-29(33-28)36(3)4)34-31-20-23-18-24(30)12-15-26(23)38-17-16-37-25-13-10-22(11-14-25)21-8-6-5-7-9-21/h10-15,18-21H,5-9,16-17H2,1-4H3,(H,32,33,34)/b31-20+. The summed E-state index contributed by atoms with van der Waals surface area (Å²) in [6, 6.07) is 16.2. The minimum Gasteiger partial charge on any atom is -0.490 e. The summed E-state index contributed by atoms with van der Waals surface area (Å²) in [5.41, 5.74) is 5.28. The maximum atomic E-state index is 6.03. The minimum atomic E-state index is 0.421. The van der Waals surface area contributed by atoms with Gasteiger partial charge in [0.25, 0.3) is 0 Å². The lowest BCUT2D eigenvalue weighted by molar-refractivity contribution is 0.217. The Hall–Kier alpha value is -3.33. The normalized spacial score (nSPS) is 13.9. The number of hydrogen-bond donors (Lipinski definition) is 1. The second-order valence-electron chi connectivity index (χ2n) is 9.85. The van der Waals surface area contributed by atoms with E-state index in [0.717, 1.165) is 27.4 Å². The Morgan fingerprint density at radius 2 is 1.66 bits per heavy atom. The molecule has 0 amide bonds. The topological polar surface area (TPSA) is 75.1 Å². The molecule has 8 nitrogen and oxygen atoms in total. The zero-order valence-corrected chi connectivity index (χ0v) is 24.2. The van der Waals surface area contributed by atoms with Gasteiger partial charge in [-0.15, -0.1) is 0 Å². The third-order valence-corrected chi connectivity index (χ3v) is 6.97. The first-order valence-electron chi connectivity index (χ1n) is 13.1. The molecule has 4 rings (SSSR count). The van der Waals surface area contributed by atoms with Crippen LogP contribution < -0.4 is 24.7 Å². The number of halogens is 1. The average molecular weight is 582 g/mol. The largest absolute Gasteiger partial charge is 0.490 e. The molecule has 1 fully saturated rings. The third kappa shape index (κ3) is 7.84. The van der Waals surface area contributed by atoms with Gasteiger partial charge in [0.05, 0.1) is 6.21 Å². The van der Waals surface area contributed by atoms with Gasteiger partial charge in [-0.25, -0.2) is 0 Å². The van der Waals surface area contributed by atoms with Crippen molar-refractivity contribution in [2.24, 2.45) is 5.10 Å². The number of nitrogens with one attached hydrogen (secondary N) is 1. The molecule has 1 saturated carbocycles. The fourth-order valence-corrected chi connectivity index (χ4v) is 4.79. The van der Waals surface area contributed by atoms with Crippen molar-refractivity contribution in [3.8, 4) is 11.5 Å². The summed E-state index contributed by atoms with van der Waals surface area (Å²) in [5, 5.41) is 4.40. The van der Waals surface area contributed by atoms with Gasteiger partial charge in [0, 0.05) is 44.3 Å². The van der Waals surface area contributed by atoms with Gasteiger partial charge in [-0.1, -0.05) is 47.3 Å². The molecule has 0 unspecified atom stereocenters. The molecule has 0 saturated heterocycles. The summed E-state index contributed by atoms with van der Waals surface area (Å²) in [5.74, 6) is 4.28. The first-order chi connectivity index (χ1) is 18.4. The van der Waals surface area contributed by atoms with E-state index in [2.05, 4.69) is 60.7 Å². The molecule has 0 bridgehead atoms. The Labute approximate surface area is 234 Å². The van der Waals surface area contributed by atoms with E-state index in [1.54, 1.807) is 6.21 Å². The van der Waals surface area contributed by atoms with Crippen LogP contribution in [-0.4, -0.2) is 57.6 Å². The van der Waals surface area contributed by atoms with Gasteiger partial charge in [-0.05, 0) is 54.7 Å². The van der Waals surface area contributed by atoms with E-state index in [1.165, 1.54) is 37.7 Å². The highest BCUT2D eigenvalue weighted by atomic mass is 79.9. The van der Waals surface area contributed by atoms with Crippen molar-refractivity contribution in [3.63, 3.8) is 0 Å². The first kappa shape index (κ1) is 27.7. The number of rotatable bonds is 11. The van der Waals surface area contributed by atoms with Gasteiger partial charge in [-0.3, -0.25) is 5.43 Å². The third-order valence-electron chi connectivity index (χ3n) is 6.48. The van der Waals surface area contributed by atoms with Crippen molar-refractivity contribution in [3.05, 3.63) is 64.1 Å². The maximum Gasteiger partial charge on any atom is 0.228 e. The van der Waals surface area contributed by atoms with E-state index in [4.69, 9.17) is 9.47 Å².